The Morgan fingerprint density at radius 2 is 2.00 bits per heavy atom. The van der Waals surface area contributed by atoms with Gasteiger partial charge in [-0.2, -0.15) is 0 Å². The van der Waals surface area contributed by atoms with Gasteiger partial charge in [-0.1, -0.05) is 12.8 Å². The van der Waals surface area contributed by atoms with Gasteiger partial charge in [-0.25, -0.2) is 13.1 Å². The first-order valence-electron chi connectivity index (χ1n) is 6.20. The molecule has 1 aliphatic rings. The van der Waals surface area contributed by atoms with Crippen molar-refractivity contribution in [1.82, 2.24) is 4.72 Å². The maximum atomic E-state index is 12.4. The first-order valence-corrected chi connectivity index (χ1v) is 8.50. The van der Waals surface area contributed by atoms with E-state index in [2.05, 4.69) is 4.72 Å². The summed E-state index contributed by atoms with van der Waals surface area (Å²) in [5.74, 6) is 0. The fourth-order valence-electron chi connectivity index (χ4n) is 2.61. The van der Waals surface area contributed by atoms with Crippen molar-refractivity contribution >= 4 is 21.4 Å². The molecule has 1 heterocycles. The Kier molecular flexibility index (Phi) is 3.82. The summed E-state index contributed by atoms with van der Waals surface area (Å²) in [6, 6.07) is 1.74. The molecule has 1 aromatic rings. The fraction of sp³-hybridized carbons (Fsp3) is 0.667. The molecule has 3 N–H and O–H groups in total. The molecule has 0 amide bonds. The van der Waals surface area contributed by atoms with E-state index in [-0.39, 0.29) is 0 Å². The van der Waals surface area contributed by atoms with E-state index in [1.165, 1.54) is 11.3 Å². The van der Waals surface area contributed by atoms with Gasteiger partial charge in [-0.3, -0.25) is 0 Å². The Hall–Kier alpha value is -0.430. The Labute approximate surface area is 113 Å². The van der Waals surface area contributed by atoms with E-state index in [0.717, 1.165) is 35.4 Å². The second kappa shape index (κ2) is 4.92. The lowest BCUT2D eigenvalue weighted by Crippen LogP contribution is -2.51. The lowest BCUT2D eigenvalue weighted by atomic mass is 10.0. The van der Waals surface area contributed by atoms with Crippen LogP contribution in [0.4, 0.5) is 0 Å². The third-order valence-corrected chi connectivity index (χ3v) is 6.39. The number of hydrogen-bond acceptors (Lipinski definition) is 4. The SMILES string of the molecule is Cc1cc(S(=O)(=O)NC2(CN)CCCC2)c(C)s1. The Balaban J connectivity index is 2.29. The monoisotopic (exact) mass is 288 g/mol. The van der Waals surface area contributed by atoms with Crippen LogP contribution in [0, 0.1) is 13.8 Å². The fourth-order valence-corrected chi connectivity index (χ4v) is 5.64. The number of hydrogen-bond donors (Lipinski definition) is 2. The standard InChI is InChI=1S/C12H20N2O2S2/c1-9-7-11(10(2)17-9)18(15,16)14-12(8-13)5-3-4-6-12/h7,14H,3-6,8,13H2,1-2H3. The summed E-state index contributed by atoms with van der Waals surface area (Å²) >= 11 is 1.51. The van der Waals surface area contributed by atoms with Gasteiger partial charge in [0, 0.05) is 21.8 Å². The molecular formula is C12H20N2O2S2. The second-order valence-electron chi connectivity index (χ2n) is 5.07. The molecule has 1 saturated carbocycles. The topological polar surface area (TPSA) is 72.2 Å². The molecule has 0 unspecified atom stereocenters. The zero-order chi connectivity index (χ0) is 13.4. The van der Waals surface area contributed by atoms with Gasteiger partial charge >= 0.3 is 0 Å². The highest BCUT2D eigenvalue weighted by atomic mass is 32.2. The van der Waals surface area contributed by atoms with Gasteiger partial charge < -0.3 is 5.73 Å². The van der Waals surface area contributed by atoms with E-state index in [1.54, 1.807) is 6.07 Å². The lowest BCUT2D eigenvalue weighted by Gasteiger charge is -2.28. The molecule has 1 aromatic heterocycles. The summed E-state index contributed by atoms with van der Waals surface area (Å²) in [6.45, 7) is 4.13. The average Bonchev–Trinajstić information content (AvgIpc) is 2.86. The van der Waals surface area contributed by atoms with Gasteiger partial charge in [0.25, 0.3) is 0 Å². The first kappa shape index (κ1) is 14.0. The molecule has 0 radical (unpaired) electrons. The Morgan fingerprint density at radius 3 is 2.44 bits per heavy atom. The van der Waals surface area contributed by atoms with E-state index < -0.39 is 15.6 Å². The summed E-state index contributed by atoms with van der Waals surface area (Å²) in [7, 11) is -3.44. The Bertz CT molecular complexity index is 528. The number of aryl methyl sites for hydroxylation is 2. The number of sulfonamides is 1. The number of rotatable bonds is 4. The highest BCUT2D eigenvalue weighted by Gasteiger charge is 2.37. The minimum atomic E-state index is -3.44. The van der Waals surface area contributed by atoms with Gasteiger partial charge in [-0.15, -0.1) is 11.3 Å². The molecule has 1 fully saturated rings. The lowest BCUT2D eigenvalue weighted by molar-refractivity contribution is 0.399. The van der Waals surface area contributed by atoms with Crippen molar-refractivity contribution in [3.63, 3.8) is 0 Å². The van der Waals surface area contributed by atoms with Crippen molar-refractivity contribution in [2.24, 2.45) is 5.73 Å². The van der Waals surface area contributed by atoms with Crippen molar-refractivity contribution in [1.29, 1.82) is 0 Å². The molecule has 1 aliphatic carbocycles. The summed E-state index contributed by atoms with van der Waals surface area (Å²) < 4.78 is 27.7. The van der Waals surface area contributed by atoms with Crippen molar-refractivity contribution in [2.45, 2.75) is 50.0 Å². The average molecular weight is 288 g/mol. The summed E-state index contributed by atoms with van der Waals surface area (Å²) in [4.78, 5) is 2.26. The minimum Gasteiger partial charge on any atom is -0.329 e. The van der Waals surface area contributed by atoms with Crippen LogP contribution in [-0.2, 0) is 10.0 Å². The van der Waals surface area contributed by atoms with Crippen molar-refractivity contribution in [3.05, 3.63) is 15.8 Å². The van der Waals surface area contributed by atoms with Gasteiger partial charge in [0.15, 0.2) is 0 Å². The molecule has 4 nitrogen and oxygen atoms in total. The molecule has 0 aromatic carbocycles. The number of nitrogens with two attached hydrogens (primary N) is 1. The van der Waals surface area contributed by atoms with Gasteiger partial charge in [0.05, 0.1) is 4.90 Å². The van der Waals surface area contributed by atoms with E-state index in [0.29, 0.717) is 11.4 Å². The highest BCUT2D eigenvalue weighted by molar-refractivity contribution is 7.89. The predicted molar refractivity (Wildman–Crippen MR) is 74.4 cm³/mol. The molecule has 102 valence electrons. The molecule has 0 saturated heterocycles. The second-order valence-corrected chi connectivity index (χ2v) is 8.19. The highest BCUT2D eigenvalue weighted by Crippen LogP contribution is 2.32. The van der Waals surface area contributed by atoms with Crippen LogP contribution < -0.4 is 10.5 Å². The molecular weight excluding hydrogens is 268 g/mol. The van der Waals surface area contributed by atoms with E-state index in [1.807, 2.05) is 13.8 Å². The Morgan fingerprint density at radius 1 is 1.39 bits per heavy atom. The van der Waals surface area contributed by atoms with E-state index >= 15 is 0 Å². The normalized spacial score (nSPS) is 19.3. The maximum Gasteiger partial charge on any atom is 0.242 e. The minimum absolute atomic E-state index is 0.369. The molecule has 0 spiro atoms. The van der Waals surface area contributed by atoms with Crippen LogP contribution in [0.1, 0.15) is 35.4 Å². The van der Waals surface area contributed by atoms with Crippen LogP contribution in [-0.4, -0.2) is 20.5 Å². The number of nitrogens with one attached hydrogen (secondary N) is 1. The predicted octanol–water partition coefficient (Wildman–Crippen LogP) is 1.91. The zero-order valence-corrected chi connectivity index (χ0v) is 12.5. The van der Waals surface area contributed by atoms with Crippen LogP contribution in [0.2, 0.25) is 0 Å². The summed E-state index contributed by atoms with van der Waals surface area (Å²) in [5.41, 5.74) is 5.34. The van der Waals surface area contributed by atoms with Crippen LogP contribution in [0.3, 0.4) is 0 Å². The molecule has 0 aliphatic heterocycles. The molecule has 0 bridgehead atoms. The van der Waals surface area contributed by atoms with Gasteiger partial charge in [-0.05, 0) is 32.8 Å². The third-order valence-electron chi connectivity index (χ3n) is 3.59. The van der Waals surface area contributed by atoms with E-state index in [4.69, 9.17) is 5.73 Å². The van der Waals surface area contributed by atoms with Crippen LogP contribution in [0.5, 0.6) is 0 Å². The maximum absolute atomic E-state index is 12.4. The molecule has 0 atom stereocenters. The largest absolute Gasteiger partial charge is 0.329 e. The van der Waals surface area contributed by atoms with E-state index in [9.17, 15) is 8.42 Å². The zero-order valence-electron chi connectivity index (χ0n) is 10.8. The third kappa shape index (κ3) is 2.61. The molecule has 18 heavy (non-hydrogen) atoms. The first-order chi connectivity index (χ1) is 8.38. The van der Waals surface area contributed by atoms with Crippen LogP contribution in [0.25, 0.3) is 0 Å². The summed E-state index contributed by atoms with van der Waals surface area (Å²) in [5, 5.41) is 0. The van der Waals surface area contributed by atoms with Crippen molar-refractivity contribution in [2.75, 3.05) is 6.54 Å². The van der Waals surface area contributed by atoms with Gasteiger partial charge in [0.2, 0.25) is 10.0 Å². The van der Waals surface area contributed by atoms with Crippen LogP contribution >= 0.6 is 11.3 Å². The molecule has 6 heteroatoms. The number of thiophene rings is 1. The smallest absolute Gasteiger partial charge is 0.242 e. The van der Waals surface area contributed by atoms with Crippen LogP contribution in [0.15, 0.2) is 11.0 Å². The molecule has 2 rings (SSSR count). The quantitative estimate of drug-likeness (QED) is 0.889. The van der Waals surface area contributed by atoms with Crippen molar-refractivity contribution < 1.29 is 8.42 Å². The summed E-state index contributed by atoms with van der Waals surface area (Å²) in [6.07, 6.45) is 3.76. The van der Waals surface area contributed by atoms with Gasteiger partial charge in [0.1, 0.15) is 0 Å². The van der Waals surface area contributed by atoms with Crippen molar-refractivity contribution in [3.8, 4) is 0 Å².